The molecule has 2 aromatic carbocycles. The van der Waals surface area contributed by atoms with Gasteiger partial charge in [0.05, 0.1) is 12.1 Å². The summed E-state index contributed by atoms with van der Waals surface area (Å²) in [6.45, 7) is 12.1. The minimum Gasteiger partial charge on any atom is -0.456 e. The first kappa shape index (κ1) is 18.9. The van der Waals surface area contributed by atoms with E-state index in [9.17, 15) is 0 Å². The molecule has 5 rings (SSSR count). The number of fused-ring (bicyclic) bond motifs is 3. The summed E-state index contributed by atoms with van der Waals surface area (Å²) in [6, 6.07) is 12.6. The molecular weight excluding hydrogens is 368 g/mol. The Morgan fingerprint density at radius 1 is 1.00 bits per heavy atom. The summed E-state index contributed by atoms with van der Waals surface area (Å²) in [5, 5.41) is 2.33. The molecule has 0 saturated heterocycles. The van der Waals surface area contributed by atoms with Gasteiger partial charge in [0.1, 0.15) is 18.2 Å². The van der Waals surface area contributed by atoms with Crippen molar-refractivity contribution in [3.63, 3.8) is 0 Å². The zero-order valence-corrected chi connectivity index (χ0v) is 18.0. The Bertz CT molecular complexity index is 1320. The summed E-state index contributed by atoms with van der Waals surface area (Å²) in [7, 11) is 2.08. The summed E-state index contributed by atoms with van der Waals surface area (Å²) in [5.74, 6) is 0.421. The maximum atomic E-state index is 7.77. The quantitative estimate of drug-likeness (QED) is 0.258. The van der Waals surface area contributed by atoms with Crippen LogP contribution in [-0.2, 0) is 7.05 Å². The van der Waals surface area contributed by atoms with Crippen molar-refractivity contribution >= 4 is 27.6 Å². The van der Waals surface area contributed by atoms with Crippen LogP contribution in [0.4, 0.5) is 5.69 Å². The lowest BCUT2D eigenvalue weighted by molar-refractivity contribution is -0.660. The van der Waals surface area contributed by atoms with Crippen LogP contribution < -0.4 is 4.57 Å². The van der Waals surface area contributed by atoms with E-state index >= 15 is 0 Å². The maximum absolute atomic E-state index is 7.77. The van der Waals surface area contributed by atoms with Crippen LogP contribution in [0.2, 0.25) is 0 Å². The van der Waals surface area contributed by atoms with Gasteiger partial charge >= 0.3 is 0 Å². The first-order valence-corrected chi connectivity index (χ1v) is 10.9. The zero-order chi connectivity index (χ0) is 20.8. The Balaban J connectivity index is 1.89. The Labute approximate surface area is 177 Å². The van der Waals surface area contributed by atoms with Gasteiger partial charge in [-0.25, -0.2) is 9.41 Å². The van der Waals surface area contributed by atoms with Crippen LogP contribution in [0.3, 0.4) is 0 Å². The van der Waals surface area contributed by atoms with E-state index < -0.39 is 0 Å². The number of hydrogen-bond acceptors (Lipinski definition) is 1. The second-order valence-corrected chi connectivity index (χ2v) is 8.71. The van der Waals surface area contributed by atoms with Crippen molar-refractivity contribution in [3.8, 4) is 11.3 Å². The Kier molecular flexibility index (Phi) is 4.59. The standard InChI is InChI=1S/C27H27N2O/c1-17-16-18(2)24(22-12-8-9-15-29(22)4)27-23(17)20-13-14-21(28-3)25(26(20)30-27)19-10-6-5-7-11-19/h8-9,12-16,19H,5-7,10-11H2,1-2,4H3/q+1. The highest BCUT2D eigenvalue weighted by Crippen LogP contribution is 2.46. The lowest BCUT2D eigenvalue weighted by Gasteiger charge is -2.23. The fraction of sp³-hybridized carbons (Fsp3) is 0.333. The Morgan fingerprint density at radius 2 is 1.80 bits per heavy atom. The summed E-state index contributed by atoms with van der Waals surface area (Å²) >= 11 is 0. The van der Waals surface area contributed by atoms with Crippen LogP contribution in [0.1, 0.15) is 54.7 Å². The van der Waals surface area contributed by atoms with Crippen LogP contribution in [0.25, 0.3) is 38.0 Å². The van der Waals surface area contributed by atoms with Crippen LogP contribution >= 0.6 is 0 Å². The Morgan fingerprint density at radius 3 is 2.53 bits per heavy atom. The Hall–Kier alpha value is -3.12. The largest absolute Gasteiger partial charge is 0.456 e. The van der Waals surface area contributed by atoms with Crippen molar-refractivity contribution in [3.05, 3.63) is 70.7 Å². The van der Waals surface area contributed by atoms with Crippen LogP contribution in [-0.4, -0.2) is 0 Å². The molecule has 3 heteroatoms. The molecule has 1 aliphatic rings. The zero-order valence-electron chi connectivity index (χ0n) is 18.0. The van der Waals surface area contributed by atoms with Gasteiger partial charge in [-0.3, -0.25) is 0 Å². The molecule has 0 spiro atoms. The molecule has 0 unspecified atom stereocenters. The molecule has 0 atom stereocenters. The van der Waals surface area contributed by atoms with Crippen LogP contribution in [0.5, 0.6) is 0 Å². The van der Waals surface area contributed by atoms with Gasteiger partial charge in [-0.05, 0) is 49.8 Å². The van der Waals surface area contributed by atoms with E-state index in [0.717, 1.165) is 51.9 Å². The SMILES string of the molecule is [C-]#[N+]c1ccc2c(oc3c(-c4cccc[n+]4C)c(C)cc(C)c32)c1C1CCCCC1. The molecule has 0 radical (unpaired) electrons. The van der Waals surface area contributed by atoms with Crippen LogP contribution in [0.15, 0.2) is 47.0 Å². The molecule has 4 aromatic rings. The number of aryl methyl sites for hydroxylation is 3. The molecule has 0 aliphatic heterocycles. The predicted molar refractivity (Wildman–Crippen MR) is 122 cm³/mol. The van der Waals surface area contributed by atoms with E-state index in [1.807, 2.05) is 12.1 Å². The minimum absolute atomic E-state index is 0.421. The average molecular weight is 396 g/mol. The van der Waals surface area contributed by atoms with E-state index in [2.05, 4.69) is 60.8 Å². The second-order valence-electron chi connectivity index (χ2n) is 8.71. The molecule has 0 N–H and O–H groups in total. The smallest absolute Gasteiger partial charge is 0.216 e. The van der Waals surface area contributed by atoms with E-state index in [4.69, 9.17) is 11.0 Å². The third-order valence-electron chi connectivity index (χ3n) is 6.77. The van der Waals surface area contributed by atoms with Gasteiger partial charge in [0.2, 0.25) is 5.69 Å². The number of pyridine rings is 1. The number of furan rings is 1. The summed E-state index contributed by atoms with van der Waals surface area (Å²) in [6.07, 6.45) is 8.15. The number of benzene rings is 2. The van der Waals surface area contributed by atoms with Crippen LogP contribution in [0, 0.1) is 20.4 Å². The van der Waals surface area contributed by atoms with E-state index in [-0.39, 0.29) is 0 Å². The highest BCUT2D eigenvalue weighted by atomic mass is 16.3. The third kappa shape index (κ3) is 2.82. The molecule has 3 nitrogen and oxygen atoms in total. The molecular formula is C27H27N2O+. The second kappa shape index (κ2) is 7.29. The molecule has 150 valence electrons. The number of nitrogens with zero attached hydrogens (tertiary/aromatic N) is 2. The lowest BCUT2D eigenvalue weighted by atomic mass is 9.82. The molecule has 1 fully saturated rings. The monoisotopic (exact) mass is 395 g/mol. The topological polar surface area (TPSA) is 21.4 Å². The van der Waals surface area contributed by atoms with Gasteiger partial charge in [-0.15, -0.1) is 0 Å². The van der Waals surface area contributed by atoms with Gasteiger partial charge in [0, 0.05) is 28.5 Å². The first-order valence-electron chi connectivity index (χ1n) is 10.9. The lowest BCUT2D eigenvalue weighted by Crippen LogP contribution is -2.30. The molecule has 1 saturated carbocycles. The fourth-order valence-electron chi connectivity index (χ4n) is 5.37. The van der Waals surface area contributed by atoms with Crippen molar-refractivity contribution in [2.45, 2.75) is 51.9 Å². The summed E-state index contributed by atoms with van der Waals surface area (Å²) < 4.78 is 8.87. The van der Waals surface area contributed by atoms with Crippen molar-refractivity contribution < 1.29 is 8.98 Å². The van der Waals surface area contributed by atoms with Crippen molar-refractivity contribution in [2.75, 3.05) is 0 Å². The number of aromatic nitrogens is 1. The van der Waals surface area contributed by atoms with E-state index in [0.29, 0.717) is 5.92 Å². The molecule has 0 amide bonds. The van der Waals surface area contributed by atoms with Gasteiger partial charge in [-0.1, -0.05) is 37.5 Å². The first-order chi connectivity index (χ1) is 14.6. The number of hydrogen-bond donors (Lipinski definition) is 0. The molecule has 2 heterocycles. The molecule has 0 bridgehead atoms. The molecule has 2 aromatic heterocycles. The van der Waals surface area contributed by atoms with Gasteiger partial charge in [0.25, 0.3) is 0 Å². The highest BCUT2D eigenvalue weighted by Gasteiger charge is 2.27. The highest BCUT2D eigenvalue weighted by molar-refractivity contribution is 6.13. The van der Waals surface area contributed by atoms with Gasteiger partial charge < -0.3 is 4.42 Å². The van der Waals surface area contributed by atoms with Crippen molar-refractivity contribution in [1.29, 1.82) is 0 Å². The average Bonchev–Trinajstić information content (AvgIpc) is 3.14. The molecule has 1 aliphatic carbocycles. The third-order valence-corrected chi connectivity index (χ3v) is 6.77. The minimum atomic E-state index is 0.421. The summed E-state index contributed by atoms with van der Waals surface area (Å²) in [4.78, 5) is 3.89. The van der Waals surface area contributed by atoms with Gasteiger partial charge in [0.15, 0.2) is 11.9 Å². The summed E-state index contributed by atoms with van der Waals surface area (Å²) in [5.41, 5.74) is 8.51. The van der Waals surface area contributed by atoms with Gasteiger partial charge in [-0.2, -0.15) is 0 Å². The molecule has 30 heavy (non-hydrogen) atoms. The van der Waals surface area contributed by atoms with E-state index in [1.54, 1.807) is 0 Å². The fourth-order valence-corrected chi connectivity index (χ4v) is 5.37. The normalized spacial score (nSPS) is 15.0. The number of rotatable bonds is 2. The predicted octanol–water partition coefficient (Wildman–Crippen LogP) is 7.29. The maximum Gasteiger partial charge on any atom is 0.216 e. The van der Waals surface area contributed by atoms with E-state index in [1.165, 1.54) is 35.8 Å². The van der Waals surface area contributed by atoms with Crippen molar-refractivity contribution in [1.82, 2.24) is 0 Å². The van der Waals surface area contributed by atoms with Crippen molar-refractivity contribution in [2.24, 2.45) is 7.05 Å².